The fraction of sp³-hybridized carbons (Fsp3) is 0.750. The van der Waals surface area contributed by atoms with Gasteiger partial charge in [-0.2, -0.15) is 0 Å². The van der Waals surface area contributed by atoms with Gasteiger partial charge in [0.1, 0.15) is 6.29 Å². The van der Waals surface area contributed by atoms with Crippen LogP contribution < -0.4 is 0 Å². The second-order valence-corrected chi connectivity index (χ2v) is 4.84. The van der Waals surface area contributed by atoms with Crippen LogP contribution in [0.2, 0.25) is 0 Å². The minimum absolute atomic E-state index is 0.322. The number of carbonyl (C=O) groups excluding carboxylic acids is 1. The topological polar surface area (TPSA) is 35.5 Å². The number of hydrogen-bond acceptors (Lipinski definition) is 3. The van der Waals surface area contributed by atoms with Crippen LogP contribution in [0, 0.1) is 5.41 Å². The number of hydrogen-bond donors (Lipinski definition) is 0. The monoisotopic (exact) mass is 212 g/mol. The van der Waals surface area contributed by atoms with E-state index in [1.54, 1.807) is 0 Å². The molecule has 1 aliphatic heterocycles. The number of rotatable bonds is 5. The molecular weight excluding hydrogens is 192 g/mol. The maximum Gasteiger partial charge on any atom is 0.190 e. The summed E-state index contributed by atoms with van der Waals surface area (Å²) < 4.78 is 11.2. The highest BCUT2D eigenvalue weighted by Crippen LogP contribution is 2.35. The number of carbonyl (C=O) groups is 1. The molecule has 0 amide bonds. The largest absolute Gasteiger partial charge is 0.344 e. The third kappa shape index (κ3) is 2.89. The first kappa shape index (κ1) is 12.4. The van der Waals surface area contributed by atoms with Crippen LogP contribution in [0.5, 0.6) is 0 Å². The van der Waals surface area contributed by atoms with Crippen LogP contribution in [0.1, 0.15) is 33.6 Å². The van der Waals surface area contributed by atoms with Crippen molar-refractivity contribution in [1.29, 1.82) is 0 Å². The summed E-state index contributed by atoms with van der Waals surface area (Å²) in [5.74, 6) is -0.652. The molecule has 0 atom stereocenters. The maximum absolute atomic E-state index is 10.8. The predicted molar refractivity (Wildman–Crippen MR) is 58.5 cm³/mol. The maximum atomic E-state index is 10.8. The van der Waals surface area contributed by atoms with E-state index in [1.165, 1.54) is 0 Å². The van der Waals surface area contributed by atoms with Gasteiger partial charge in [-0.1, -0.05) is 20.4 Å². The quantitative estimate of drug-likeness (QED) is 0.518. The summed E-state index contributed by atoms with van der Waals surface area (Å²) in [6.07, 6.45) is 2.41. The zero-order valence-corrected chi connectivity index (χ0v) is 9.84. The van der Waals surface area contributed by atoms with Gasteiger partial charge in [0.15, 0.2) is 5.79 Å². The minimum atomic E-state index is -0.652. The van der Waals surface area contributed by atoms with Crippen molar-refractivity contribution in [2.24, 2.45) is 5.41 Å². The van der Waals surface area contributed by atoms with Crippen molar-refractivity contribution in [3.05, 3.63) is 12.2 Å². The van der Waals surface area contributed by atoms with E-state index >= 15 is 0 Å². The van der Waals surface area contributed by atoms with Crippen molar-refractivity contribution in [3.63, 3.8) is 0 Å². The van der Waals surface area contributed by atoms with E-state index < -0.39 is 5.79 Å². The van der Waals surface area contributed by atoms with Crippen LogP contribution in [0.4, 0.5) is 0 Å². The van der Waals surface area contributed by atoms with Gasteiger partial charge in [-0.3, -0.25) is 0 Å². The van der Waals surface area contributed by atoms with E-state index in [9.17, 15) is 4.79 Å². The second-order valence-electron chi connectivity index (χ2n) is 4.84. The molecule has 0 aromatic rings. The lowest BCUT2D eigenvalue weighted by Crippen LogP contribution is -2.33. The van der Waals surface area contributed by atoms with E-state index in [-0.39, 0.29) is 5.41 Å². The molecule has 0 radical (unpaired) electrons. The molecule has 86 valence electrons. The first-order valence-electron chi connectivity index (χ1n) is 5.32. The van der Waals surface area contributed by atoms with Crippen molar-refractivity contribution in [3.8, 4) is 0 Å². The number of aldehydes is 1. The molecule has 0 saturated carbocycles. The lowest BCUT2D eigenvalue weighted by molar-refractivity contribution is -0.137. The SMILES string of the molecule is C=C(C)C1(CCC(C)(C)C=O)OCCO1. The van der Waals surface area contributed by atoms with Gasteiger partial charge < -0.3 is 14.3 Å². The Hall–Kier alpha value is -0.670. The Morgan fingerprint density at radius 3 is 2.40 bits per heavy atom. The Morgan fingerprint density at radius 1 is 1.47 bits per heavy atom. The molecule has 1 aliphatic rings. The van der Waals surface area contributed by atoms with Gasteiger partial charge >= 0.3 is 0 Å². The first-order chi connectivity index (χ1) is 6.92. The predicted octanol–water partition coefficient (Wildman–Crippen LogP) is 2.31. The van der Waals surface area contributed by atoms with E-state index in [0.29, 0.717) is 19.6 Å². The molecule has 1 saturated heterocycles. The fourth-order valence-corrected chi connectivity index (χ4v) is 1.60. The fourth-order valence-electron chi connectivity index (χ4n) is 1.60. The number of ether oxygens (including phenoxy) is 2. The third-order valence-electron chi connectivity index (χ3n) is 2.82. The Kier molecular flexibility index (Phi) is 3.68. The smallest absolute Gasteiger partial charge is 0.190 e. The Balaban J connectivity index is 2.61. The standard InChI is InChI=1S/C12H20O3/c1-10(2)12(14-7-8-15-12)6-5-11(3,4)9-13/h9H,1,5-8H2,2-4H3. The molecule has 15 heavy (non-hydrogen) atoms. The van der Waals surface area contributed by atoms with Crippen LogP contribution in [0.25, 0.3) is 0 Å². The second kappa shape index (κ2) is 4.45. The average Bonchev–Trinajstić information content (AvgIpc) is 2.65. The molecule has 1 rings (SSSR count). The normalized spacial score (nSPS) is 20.2. The van der Waals surface area contributed by atoms with Crippen molar-refractivity contribution >= 4 is 6.29 Å². The lowest BCUT2D eigenvalue weighted by Gasteiger charge is -2.30. The summed E-state index contributed by atoms with van der Waals surface area (Å²) in [6, 6.07) is 0. The molecule has 0 spiro atoms. The van der Waals surface area contributed by atoms with Crippen molar-refractivity contribution in [2.45, 2.75) is 39.4 Å². The molecule has 1 heterocycles. The van der Waals surface area contributed by atoms with Crippen LogP contribution in [-0.2, 0) is 14.3 Å². The Morgan fingerprint density at radius 2 is 2.00 bits per heavy atom. The summed E-state index contributed by atoms with van der Waals surface area (Å²) in [6.45, 7) is 10.8. The molecule has 0 aromatic carbocycles. The molecule has 0 N–H and O–H groups in total. The highest BCUT2D eigenvalue weighted by Gasteiger charge is 2.38. The van der Waals surface area contributed by atoms with Gasteiger partial charge in [-0.25, -0.2) is 0 Å². The van der Waals surface area contributed by atoms with E-state index in [0.717, 1.165) is 18.3 Å². The van der Waals surface area contributed by atoms with Crippen LogP contribution >= 0.6 is 0 Å². The molecule has 3 heteroatoms. The van der Waals surface area contributed by atoms with Gasteiger partial charge in [-0.15, -0.1) is 0 Å². The van der Waals surface area contributed by atoms with Gasteiger partial charge in [0, 0.05) is 11.8 Å². The summed E-state index contributed by atoms with van der Waals surface area (Å²) in [5, 5.41) is 0. The Bertz CT molecular complexity index is 250. The van der Waals surface area contributed by atoms with E-state index in [4.69, 9.17) is 9.47 Å². The molecular formula is C12H20O3. The third-order valence-corrected chi connectivity index (χ3v) is 2.82. The first-order valence-corrected chi connectivity index (χ1v) is 5.32. The van der Waals surface area contributed by atoms with E-state index in [1.807, 2.05) is 20.8 Å². The van der Waals surface area contributed by atoms with Crippen LogP contribution in [-0.4, -0.2) is 25.3 Å². The highest BCUT2D eigenvalue weighted by atomic mass is 16.7. The van der Waals surface area contributed by atoms with Gasteiger partial charge in [0.2, 0.25) is 0 Å². The molecule has 3 nitrogen and oxygen atoms in total. The summed E-state index contributed by atoms with van der Waals surface area (Å²) in [4.78, 5) is 10.8. The molecule has 0 aliphatic carbocycles. The lowest BCUT2D eigenvalue weighted by atomic mass is 9.86. The van der Waals surface area contributed by atoms with Gasteiger partial charge in [-0.05, 0) is 18.9 Å². The molecule has 0 unspecified atom stereocenters. The minimum Gasteiger partial charge on any atom is -0.344 e. The van der Waals surface area contributed by atoms with Crippen molar-refractivity contribution in [1.82, 2.24) is 0 Å². The summed E-state index contributed by atoms with van der Waals surface area (Å²) in [5.41, 5.74) is 0.555. The molecule has 0 aromatic heterocycles. The summed E-state index contributed by atoms with van der Waals surface area (Å²) in [7, 11) is 0. The molecule has 1 fully saturated rings. The van der Waals surface area contributed by atoms with Crippen molar-refractivity contribution in [2.75, 3.05) is 13.2 Å². The van der Waals surface area contributed by atoms with E-state index in [2.05, 4.69) is 6.58 Å². The van der Waals surface area contributed by atoms with Crippen molar-refractivity contribution < 1.29 is 14.3 Å². The molecule has 0 bridgehead atoms. The summed E-state index contributed by atoms with van der Waals surface area (Å²) >= 11 is 0. The zero-order chi connectivity index (χ0) is 11.5. The zero-order valence-electron chi connectivity index (χ0n) is 9.84. The van der Waals surface area contributed by atoms with Gasteiger partial charge in [0.25, 0.3) is 0 Å². The Labute approximate surface area is 91.4 Å². The van der Waals surface area contributed by atoms with Gasteiger partial charge in [0.05, 0.1) is 13.2 Å². The highest BCUT2D eigenvalue weighted by molar-refractivity contribution is 5.57. The van der Waals surface area contributed by atoms with Crippen LogP contribution in [0.3, 0.4) is 0 Å². The average molecular weight is 212 g/mol. The van der Waals surface area contributed by atoms with Crippen LogP contribution in [0.15, 0.2) is 12.2 Å².